The van der Waals surface area contributed by atoms with Gasteiger partial charge in [-0.1, -0.05) is 43.2 Å². The van der Waals surface area contributed by atoms with Crippen molar-refractivity contribution in [3.05, 3.63) is 59.9 Å². The molecule has 2 aromatic rings. The molecule has 0 atom stereocenters. The Morgan fingerprint density at radius 3 is 2.48 bits per heavy atom. The molecule has 1 fully saturated rings. The van der Waals surface area contributed by atoms with E-state index in [-0.39, 0.29) is 30.3 Å². The summed E-state index contributed by atoms with van der Waals surface area (Å²) in [5.74, 6) is 0.199. The van der Waals surface area contributed by atoms with Crippen LogP contribution in [0.15, 0.2) is 48.7 Å². The lowest BCUT2D eigenvalue weighted by Crippen LogP contribution is -2.47. The number of rotatable bonds is 12. The Labute approximate surface area is 198 Å². The van der Waals surface area contributed by atoms with E-state index >= 15 is 0 Å². The first-order chi connectivity index (χ1) is 16.0. The van der Waals surface area contributed by atoms with Gasteiger partial charge in [-0.3, -0.25) is 9.59 Å². The lowest BCUT2D eigenvalue weighted by molar-refractivity contribution is -0.144. The van der Waals surface area contributed by atoms with Crippen molar-refractivity contribution in [2.45, 2.75) is 65.1 Å². The van der Waals surface area contributed by atoms with Gasteiger partial charge in [0.2, 0.25) is 11.8 Å². The molecule has 6 nitrogen and oxygen atoms in total. The zero-order valence-electron chi connectivity index (χ0n) is 20.4. The summed E-state index contributed by atoms with van der Waals surface area (Å²) in [5, 5.41) is 0. The summed E-state index contributed by atoms with van der Waals surface area (Å²) in [6, 6.07) is 14.5. The SMILES string of the molecule is COCCCN(CC(=O)N(Cc1cccn1Cc1ccccc1)C(C)C)C(=O)C1CCCC1. The second-order valence-corrected chi connectivity index (χ2v) is 9.32. The quantitative estimate of drug-likeness (QED) is 0.450. The number of benzene rings is 1. The number of amides is 2. The lowest BCUT2D eigenvalue weighted by atomic mass is 10.1. The van der Waals surface area contributed by atoms with Gasteiger partial charge in [-0.25, -0.2) is 0 Å². The molecule has 1 saturated carbocycles. The number of ether oxygens (including phenoxy) is 1. The summed E-state index contributed by atoms with van der Waals surface area (Å²) >= 11 is 0. The minimum atomic E-state index is 0.00113. The Balaban J connectivity index is 1.69. The van der Waals surface area contributed by atoms with Gasteiger partial charge in [-0.05, 0) is 50.8 Å². The van der Waals surface area contributed by atoms with Crippen LogP contribution in [0.3, 0.4) is 0 Å². The first-order valence-electron chi connectivity index (χ1n) is 12.2. The van der Waals surface area contributed by atoms with E-state index in [1.54, 1.807) is 12.0 Å². The van der Waals surface area contributed by atoms with Gasteiger partial charge >= 0.3 is 0 Å². The third kappa shape index (κ3) is 7.19. The van der Waals surface area contributed by atoms with Gasteiger partial charge in [-0.2, -0.15) is 0 Å². The standard InChI is InChI=1S/C27H39N3O3/c1-22(2)30(20-25-15-9-16-28(25)19-23-11-5-4-6-12-23)26(31)21-29(17-10-18-33-3)27(32)24-13-7-8-14-24/h4-6,9,11-12,15-16,22,24H,7-8,10,13-14,17-21H2,1-3H3. The van der Waals surface area contributed by atoms with Crippen molar-refractivity contribution < 1.29 is 14.3 Å². The molecular formula is C27H39N3O3. The minimum absolute atomic E-state index is 0.00113. The fraction of sp³-hybridized carbons (Fsp3) is 0.556. The van der Waals surface area contributed by atoms with E-state index in [1.165, 1.54) is 5.56 Å². The average molecular weight is 454 g/mol. The van der Waals surface area contributed by atoms with Gasteiger partial charge in [0.1, 0.15) is 0 Å². The maximum Gasteiger partial charge on any atom is 0.242 e. The summed E-state index contributed by atoms with van der Waals surface area (Å²) in [4.78, 5) is 30.3. The van der Waals surface area contributed by atoms with Gasteiger partial charge < -0.3 is 19.1 Å². The van der Waals surface area contributed by atoms with Gasteiger partial charge in [0.05, 0.1) is 13.1 Å². The number of carbonyl (C=O) groups is 2. The van der Waals surface area contributed by atoms with Crippen LogP contribution in [0.2, 0.25) is 0 Å². The molecule has 180 valence electrons. The van der Waals surface area contributed by atoms with Gasteiger partial charge in [0, 0.05) is 50.7 Å². The van der Waals surface area contributed by atoms with Crippen molar-refractivity contribution >= 4 is 11.8 Å². The van der Waals surface area contributed by atoms with Crippen LogP contribution in [-0.4, -0.2) is 59.0 Å². The number of hydrogen-bond acceptors (Lipinski definition) is 3. The van der Waals surface area contributed by atoms with Crippen molar-refractivity contribution in [3.8, 4) is 0 Å². The molecule has 2 amide bonds. The largest absolute Gasteiger partial charge is 0.385 e. The highest BCUT2D eigenvalue weighted by atomic mass is 16.5. The van der Waals surface area contributed by atoms with Crippen LogP contribution in [-0.2, 0) is 27.4 Å². The van der Waals surface area contributed by atoms with Crippen molar-refractivity contribution in [2.24, 2.45) is 5.92 Å². The first kappa shape index (κ1) is 25.0. The zero-order valence-corrected chi connectivity index (χ0v) is 20.4. The third-order valence-corrected chi connectivity index (χ3v) is 6.51. The maximum absolute atomic E-state index is 13.4. The van der Waals surface area contributed by atoms with Crippen LogP contribution in [0, 0.1) is 5.92 Å². The molecule has 0 N–H and O–H groups in total. The van der Waals surface area contributed by atoms with Crippen LogP contribution >= 0.6 is 0 Å². The monoisotopic (exact) mass is 453 g/mol. The van der Waals surface area contributed by atoms with E-state index in [2.05, 4.69) is 29.0 Å². The van der Waals surface area contributed by atoms with Crippen molar-refractivity contribution in [3.63, 3.8) is 0 Å². The van der Waals surface area contributed by atoms with Crippen LogP contribution < -0.4 is 0 Å². The fourth-order valence-electron chi connectivity index (χ4n) is 4.61. The fourth-order valence-corrected chi connectivity index (χ4v) is 4.61. The molecule has 0 bridgehead atoms. The Hall–Kier alpha value is -2.60. The molecule has 1 heterocycles. The molecule has 33 heavy (non-hydrogen) atoms. The molecule has 1 aromatic heterocycles. The second-order valence-electron chi connectivity index (χ2n) is 9.32. The summed E-state index contributed by atoms with van der Waals surface area (Å²) in [6.45, 7) is 6.66. The molecule has 1 aliphatic rings. The zero-order chi connectivity index (χ0) is 23.6. The summed E-state index contributed by atoms with van der Waals surface area (Å²) in [7, 11) is 1.67. The molecule has 0 unspecified atom stereocenters. The van der Waals surface area contributed by atoms with E-state index in [0.29, 0.717) is 19.7 Å². The van der Waals surface area contributed by atoms with E-state index in [0.717, 1.165) is 44.3 Å². The Bertz CT molecular complexity index is 872. The molecular weight excluding hydrogens is 414 g/mol. The van der Waals surface area contributed by atoms with Crippen molar-refractivity contribution in [2.75, 3.05) is 26.8 Å². The van der Waals surface area contributed by atoms with Crippen molar-refractivity contribution in [1.29, 1.82) is 0 Å². The number of nitrogens with zero attached hydrogens (tertiary/aromatic N) is 3. The highest BCUT2D eigenvalue weighted by Crippen LogP contribution is 2.27. The highest BCUT2D eigenvalue weighted by molar-refractivity contribution is 5.86. The Morgan fingerprint density at radius 1 is 1.09 bits per heavy atom. The predicted octanol–water partition coefficient (Wildman–Crippen LogP) is 4.33. The second kappa shape index (κ2) is 12.6. The highest BCUT2D eigenvalue weighted by Gasteiger charge is 2.30. The summed E-state index contributed by atoms with van der Waals surface area (Å²) in [6.07, 6.45) is 6.89. The number of carbonyl (C=O) groups excluding carboxylic acids is 2. The van der Waals surface area contributed by atoms with Gasteiger partial charge in [-0.15, -0.1) is 0 Å². The Kier molecular flexibility index (Phi) is 9.55. The predicted molar refractivity (Wildman–Crippen MR) is 131 cm³/mol. The smallest absolute Gasteiger partial charge is 0.242 e. The molecule has 0 spiro atoms. The Morgan fingerprint density at radius 2 is 1.82 bits per heavy atom. The van der Waals surface area contributed by atoms with Crippen molar-refractivity contribution in [1.82, 2.24) is 14.4 Å². The van der Waals surface area contributed by atoms with Crippen LogP contribution in [0.1, 0.15) is 57.2 Å². The molecule has 1 aliphatic carbocycles. The lowest BCUT2D eigenvalue weighted by Gasteiger charge is -2.31. The average Bonchev–Trinajstić information content (AvgIpc) is 3.49. The number of aromatic nitrogens is 1. The minimum Gasteiger partial charge on any atom is -0.385 e. The normalized spacial score (nSPS) is 14.1. The molecule has 6 heteroatoms. The first-order valence-corrected chi connectivity index (χ1v) is 12.2. The molecule has 0 saturated heterocycles. The van der Waals surface area contributed by atoms with E-state index in [9.17, 15) is 9.59 Å². The van der Waals surface area contributed by atoms with Gasteiger partial charge in [0.25, 0.3) is 0 Å². The van der Waals surface area contributed by atoms with Gasteiger partial charge in [0.15, 0.2) is 0 Å². The van der Waals surface area contributed by atoms with Crippen LogP contribution in [0.4, 0.5) is 0 Å². The molecule has 1 aromatic carbocycles. The van der Waals surface area contributed by atoms with E-state index < -0.39 is 0 Å². The summed E-state index contributed by atoms with van der Waals surface area (Å²) in [5.41, 5.74) is 2.32. The van der Waals surface area contributed by atoms with E-state index in [1.807, 2.05) is 43.0 Å². The number of hydrogen-bond donors (Lipinski definition) is 0. The van der Waals surface area contributed by atoms with Crippen LogP contribution in [0.5, 0.6) is 0 Å². The topological polar surface area (TPSA) is 54.8 Å². The van der Waals surface area contributed by atoms with E-state index in [4.69, 9.17) is 4.74 Å². The third-order valence-electron chi connectivity index (χ3n) is 6.51. The maximum atomic E-state index is 13.4. The summed E-state index contributed by atoms with van der Waals surface area (Å²) < 4.78 is 7.38. The number of methoxy groups -OCH3 is 1. The molecule has 0 radical (unpaired) electrons. The molecule has 3 rings (SSSR count). The molecule has 0 aliphatic heterocycles. The van der Waals surface area contributed by atoms with Crippen LogP contribution in [0.25, 0.3) is 0 Å².